The van der Waals surface area contributed by atoms with Gasteiger partial charge in [-0.2, -0.15) is 0 Å². The molecule has 1 aromatic carbocycles. The SMILES string of the molecule is COc1cc(C)c(CN(C)CC(=O)NCCC2CCCCC2)cc1OC. The molecular formula is C21H34N2O3. The lowest BCUT2D eigenvalue weighted by molar-refractivity contribution is -0.122. The molecule has 1 aliphatic rings. The Kier molecular flexibility index (Phi) is 8.23. The summed E-state index contributed by atoms with van der Waals surface area (Å²) in [5.41, 5.74) is 2.27. The van der Waals surface area contributed by atoms with Gasteiger partial charge in [0.05, 0.1) is 20.8 Å². The van der Waals surface area contributed by atoms with Crippen LogP contribution in [0.15, 0.2) is 12.1 Å². The summed E-state index contributed by atoms with van der Waals surface area (Å²) in [4.78, 5) is 14.2. The van der Waals surface area contributed by atoms with Gasteiger partial charge in [-0.05, 0) is 49.6 Å². The molecule has 146 valence electrons. The van der Waals surface area contributed by atoms with Crippen molar-refractivity contribution in [3.8, 4) is 11.5 Å². The number of hydrogen-bond donors (Lipinski definition) is 1. The van der Waals surface area contributed by atoms with Gasteiger partial charge in [-0.25, -0.2) is 0 Å². The zero-order valence-electron chi connectivity index (χ0n) is 16.8. The Balaban J connectivity index is 1.78. The maximum absolute atomic E-state index is 12.2. The van der Waals surface area contributed by atoms with Crippen LogP contribution < -0.4 is 14.8 Å². The minimum absolute atomic E-state index is 0.0986. The van der Waals surface area contributed by atoms with Crippen LogP contribution in [0.3, 0.4) is 0 Å². The van der Waals surface area contributed by atoms with E-state index < -0.39 is 0 Å². The van der Waals surface area contributed by atoms with Gasteiger partial charge in [0.1, 0.15) is 0 Å². The molecule has 1 fully saturated rings. The van der Waals surface area contributed by atoms with E-state index in [0.29, 0.717) is 13.1 Å². The second kappa shape index (κ2) is 10.4. The first kappa shape index (κ1) is 20.6. The second-order valence-corrected chi connectivity index (χ2v) is 7.45. The number of rotatable bonds is 9. The number of nitrogens with zero attached hydrogens (tertiary/aromatic N) is 1. The van der Waals surface area contributed by atoms with Crippen LogP contribution in [0.4, 0.5) is 0 Å². The van der Waals surface area contributed by atoms with Gasteiger partial charge < -0.3 is 14.8 Å². The van der Waals surface area contributed by atoms with Crippen LogP contribution in [-0.2, 0) is 11.3 Å². The predicted molar refractivity (Wildman–Crippen MR) is 105 cm³/mol. The molecule has 1 aromatic rings. The summed E-state index contributed by atoms with van der Waals surface area (Å²) >= 11 is 0. The predicted octanol–water partition coefficient (Wildman–Crippen LogP) is 3.53. The van der Waals surface area contributed by atoms with Crippen molar-refractivity contribution in [3.05, 3.63) is 23.3 Å². The van der Waals surface area contributed by atoms with E-state index in [1.807, 2.05) is 24.1 Å². The Hall–Kier alpha value is -1.75. The number of methoxy groups -OCH3 is 2. The van der Waals surface area contributed by atoms with E-state index in [-0.39, 0.29) is 5.91 Å². The first-order valence-corrected chi connectivity index (χ1v) is 9.70. The van der Waals surface area contributed by atoms with E-state index in [9.17, 15) is 4.79 Å². The highest BCUT2D eigenvalue weighted by Crippen LogP contribution is 2.30. The quantitative estimate of drug-likeness (QED) is 0.730. The molecule has 1 saturated carbocycles. The molecule has 2 rings (SSSR count). The van der Waals surface area contributed by atoms with Crippen molar-refractivity contribution in [3.63, 3.8) is 0 Å². The van der Waals surface area contributed by atoms with Crippen molar-refractivity contribution in [1.29, 1.82) is 0 Å². The first-order chi connectivity index (χ1) is 12.5. The van der Waals surface area contributed by atoms with Gasteiger partial charge in [0, 0.05) is 13.1 Å². The standard InChI is InChI=1S/C21H34N2O3/c1-16-12-19(25-3)20(26-4)13-18(16)14-23(2)15-21(24)22-11-10-17-8-6-5-7-9-17/h12-13,17H,5-11,14-15H2,1-4H3,(H,22,24). The molecular weight excluding hydrogens is 328 g/mol. The molecule has 0 heterocycles. The van der Waals surface area contributed by atoms with Crippen LogP contribution in [0.25, 0.3) is 0 Å². The van der Waals surface area contributed by atoms with Crippen molar-refractivity contribution < 1.29 is 14.3 Å². The molecule has 0 spiro atoms. The van der Waals surface area contributed by atoms with Crippen LogP contribution in [0, 0.1) is 12.8 Å². The Labute approximate surface area is 158 Å². The summed E-state index contributed by atoms with van der Waals surface area (Å²) < 4.78 is 10.7. The number of ether oxygens (including phenoxy) is 2. The number of carbonyl (C=O) groups is 1. The lowest BCUT2D eigenvalue weighted by Gasteiger charge is -2.22. The van der Waals surface area contributed by atoms with Gasteiger partial charge in [0.2, 0.25) is 5.91 Å². The number of aryl methyl sites for hydroxylation is 1. The molecule has 0 atom stereocenters. The van der Waals surface area contributed by atoms with Crippen LogP contribution in [0.2, 0.25) is 0 Å². The van der Waals surface area contributed by atoms with Crippen LogP contribution in [0.1, 0.15) is 49.7 Å². The maximum atomic E-state index is 12.2. The van der Waals surface area contributed by atoms with Gasteiger partial charge in [-0.3, -0.25) is 9.69 Å². The molecule has 5 nitrogen and oxygen atoms in total. The number of nitrogens with one attached hydrogen (secondary N) is 1. The normalized spacial score (nSPS) is 15.1. The average molecular weight is 363 g/mol. The molecule has 1 N–H and O–H groups in total. The average Bonchev–Trinajstić information content (AvgIpc) is 2.63. The summed E-state index contributed by atoms with van der Waals surface area (Å²) in [6, 6.07) is 3.97. The molecule has 0 aromatic heterocycles. The third-order valence-corrected chi connectivity index (χ3v) is 5.30. The van der Waals surface area contributed by atoms with E-state index in [4.69, 9.17) is 9.47 Å². The van der Waals surface area contributed by atoms with Crippen molar-refractivity contribution in [2.75, 3.05) is 34.4 Å². The fourth-order valence-corrected chi connectivity index (χ4v) is 3.73. The fourth-order valence-electron chi connectivity index (χ4n) is 3.73. The third-order valence-electron chi connectivity index (χ3n) is 5.30. The number of carbonyl (C=O) groups excluding carboxylic acids is 1. The number of amides is 1. The summed E-state index contributed by atoms with van der Waals surface area (Å²) in [6.45, 7) is 3.95. The maximum Gasteiger partial charge on any atom is 0.234 e. The van der Waals surface area contributed by atoms with Crippen LogP contribution in [-0.4, -0.2) is 45.2 Å². The highest BCUT2D eigenvalue weighted by molar-refractivity contribution is 5.77. The topological polar surface area (TPSA) is 50.8 Å². The minimum Gasteiger partial charge on any atom is -0.493 e. The lowest BCUT2D eigenvalue weighted by atomic mass is 9.87. The first-order valence-electron chi connectivity index (χ1n) is 9.70. The molecule has 0 aliphatic heterocycles. The van der Waals surface area contributed by atoms with Crippen molar-refractivity contribution in [2.24, 2.45) is 5.92 Å². The van der Waals surface area contributed by atoms with Gasteiger partial charge in [-0.15, -0.1) is 0 Å². The van der Waals surface area contributed by atoms with Gasteiger partial charge in [0.15, 0.2) is 11.5 Å². The molecule has 5 heteroatoms. The van der Waals surface area contributed by atoms with Crippen molar-refractivity contribution in [2.45, 2.75) is 52.0 Å². The van der Waals surface area contributed by atoms with E-state index in [1.54, 1.807) is 14.2 Å². The monoisotopic (exact) mass is 362 g/mol. The molecule has 0 bridgehead atoms. The van der Waals surface area contributed by atoms with E-state index in [2.05, 4.69) is 12.2 Å². The van der Waals surface area contributed by atoms with Crippen molar-refractivity contribution in [1.82, 2.24) is 10.2 Å². The highest BCUT2D eigenvalue weighted by Gasteiger charge is 2.15. The van der Waals surface area contributed by atoms with Crippen LogP contribution >= 0.6 is 0 Å². The van der Waals surface area contributed by atoms with Gasteiger partial charge >= 0.3 is 0 Å². The van der Waals surface area contributed by atoms with Crippen molar-refractivity contribution >= 4 is 5.91 Å². The van der Waals surface area contributed by atoms with Gasteiger partial charge in [-0.1, -0.05) is 32.1 Å². The third kappa shape index (κ3) is 6.20. The molecule has 1 aliphatic carbocycles. The fraction of sp³-hybridized carbons (Fsp3) is 0.667. The van der Waals surface area contributed by atoms with E-state index >= 15 is 0 Å². The second-order valence-electron chi connectivity index (χ2n) is 7.45. The Morgan fingerprint density at radius 3 is 2.46 bits per heavy atom. The number of likely N-dealkylation sites (N-methyl/N-ethyl adjacent to an activating group) is 1. The largest absolute Gasteiger partial charge is 0.493 e. The van der Waals surface area contributed by atoms with E-state index in [1.165, 1.54) is 32.1 Å². The molecule has 1 amide bonds. The zero-order valence-corrected chi connectivity index (χ0v) is 16.8. The minimum atomic E-state index is 0.0986. The summed E-state index contributed by atoms with van der Waals surface area (Å²) in [7, 11) is 5.25. The number of hydrogen-bond acceptors (Lipinski definition) is 4. The smallest absolute Gasteiger partial charge is 0.234 e. The summed E-state index contributed by atoms with van der Waals surface area (Å²) in [5, 5.41) is 3.08. The van der Waals surface area contributed by atoms with E-state index in [0.717, 1.165) is 41.5 Å². The molecule has 0 radical (unpaired) electrons. The zero-order chi connectivity index (χ0) is 18.9. The molecule has 0 unspecified atom stereocenters. The Bertz CT molecular complexity index is 583. The highest BCUT2D eigenvalue weighted by atomic mass is 16.5. The Morgan fingerprint density at radius 1 is 1.15 bits per heavy atom. The molecule has 0 saturated heterocycles. The summed E-state index contributed by atoms with van der Waals surface area (Å²) in [6.07, 6.45) is 7.86. The Morgan fingerprint density at radius 2 is 1.81 bits per heavy atom. The van der Waals surface area contributed by atoms with Crippen LogP contribution in [0.5, 0.6) is 11.5 Å². The van der Waals surface area contributed by atoms with Gasteiger partial charge in [0.25, 0.3) is 0 Å². The number of benzene rings is 1. The molecule has 26 heavy (non-hydrogen) atoms. The summed E-state index contributed by atoms with van der Waals surface area (Å²) in [5.74, 6) is 2.35. The lowest BCUT2D eigenvalue weighted by Crippen LogP contribution is -2.36.